The fraction of sp³-hybridized carbons (Fsp3) is 0.458. The van der Waals surface area contributed by atoms with Crippen molar-refractivity contribution in [3.05, 3.63) is 58.7 Å². The Morgan fingerprint density at radius 2 is 1.68 bits per heavy atom. The van der Waals surface area contributed by atoms with E-state index in [0.29, 0.717) is 6.61 Å². The van der Waals surface area contributed by atoms with Gasteiger partial charge in [-0.05, 0) is 99.9 Å². The molecule has 4 heteroatoms. The van der Waals surface area contributed by atoms with Crippen molar-refractivity contribution in [1.29, 1.82) is 0 Å². The Morgan fingerprint density at radius 3 is 2.43 bits per heavy atom. The van der Waals surface area contributed by atoms with Gasteiger partial charge >= 0.3 is 0 Å². The van der Waals surface area contributed by atoms with Crippen LogP contribution >= 0.6 is 0 Å². The van der Waals surface area contributed by atoms with E-state index in [1.54, 1.807) is 6.92 Å². The van der Waals surface area contributed by atoms with Crippen molar-refractivity contribution in [3.63, 3.8) is 0 Å². The van der Waals surface area contributed by atoms with Crippen molar-refractivity contribution in [3.8, 4) is 11.5 Å². The smallest absolute Gasteiger partial charge is 0.261 e. The minimum absolute atomic E-state index is 0.108. The van der Waals surface area contributed by atoms with E-state index in [1.165, 1.54) is 35.1 Å². The Hall–Kier alpha value is -2.49. The van der Waals surface area contributed by atoms with Gasteiger partial charge in [0, 0.05) is 0 Å². The lowest BCUT2D eigenvalue weighted by Crippen LogP contribution is -2.43. The van der Waals surface area contributed by atoms with Gasteiger partial charge in [0.05, 0.1) is 6.04 Å². The molecule has 0 spiro atoms. The van der Waals surface area contributed by atoms with Crippen LogP contribution in [0.4, 0.5) is 0 Å². The minimum Gasteiger partial charge on any atom is -0.491 e. The summed E-state index contributed by atoms with van der Waals surface area (Å²) >= 11 is 0. The van der Waals surface area contributed by atoms with Crippen LogP contribution in [0.5, 0.6) is 11.5 Å². The van der Waals surface area contributed by atoms with Gasteiger partial charge in [0.25, 0.3) is 5.91 Å². The largest absolute Gasteiger partial charge is 0.491 e. The summed E-state index contributed by atoms with van der Waals surface area (Å²) in [6, 6.07) is 12.1. The zero-order chi connectivity index (χ0) is 20.1. The highest BCUT2D eigenvalue weighted by molar-refractivity contribution is 5.81. The number of carbonyl (C=O) groups is 1. The number of ether oxygens (including phenoxy) is 2. The summed E-state index contributed by atoms with van der Waals surface area (Å²) in [5.41, 5.74) is 5.20. The molecule has 2 atom stereocenters. The van der Waals surface area contributed by atoms with Crippen molar-refractivity contribution in [2.24, 2.45) is 0 Å². The van der Waals surface area contributed by atoms with Crippen LogP contribution in [0, 0.1) is 13.8 Å². The third kappa shape index (κ3) is 5.28. The first-order valence-electron chi connectivity index (χ1n) is 10.2. The molecular weight excluding hydrogens is 350 g/mol. The lowest BCUT2D eigenvalue weighted by atomic mass is 9.92. The molecule has 0 saturated carbocycles. The summed E-state index contributed by atoms with van der Waals surface area (Å²) < 4.78 is 11.7. The summed E-state index contributed by atoms with van der Waals surface area (Å²) in [5.74, 6) is 1.46. The van der Waals surface area contributed by atoms with Gasteiger partial charge in [-0.25, -0.2) is 0 Å². The number of rotatable bonds is 7. The zero-order valence-corrected chi connectivity index (χ0v) is 17.4. The van der Waals surface area contributed by atoms with Crippen molar-refractivity contribution < 1.29 is 14.3 Å². The number of hydrogen-bond donors (Lipinski definition) is 1. The average Bonchev–Trinajstić information content (AvgIpc) is 2.68. The van der Waals surface area contributed by atoms with Crippen LogP contribution in [0.2, 0.25) is 0 Å². The first-order valence-corrected chi connectivity index (χ1v) is 10.2. The molecule has 2 aromatic rings. The molecule has 1 aliphatic carbocycles. The third-order valence-electron chi connectivity index (χ3n) is 5.37. The number of hydrogen-bond acceptors (Lipinski definition) is 3. The summed E-state index contributed by atoms with van der Waals surface area (Å²) in [4.78, 5) is 12.5. The maximum Gasteiger partial charge on any atom is 0.261 e. The second kappa shape index (κ2) is 9.13. The summed E-state index contributed by atoms with van der Waals surface area (Å²) in [6.07, 6.45) is 4.17. The molecule has 0 saturated heterocycles. The van der Waals surface area contributed by atoms with E-state index in [1.807, 2.05) is 31.2 Å². The van der Waals surface area contributed by atoms with E-state index >= 15 is 0 Å². The zero-order valence-electron chi connectivity index (χ0n) is 17.4. The van der Waals surface area contributed by atoms with Crippen molar-refractivity contribution >= 4 is 5.91 Å². The van der Waals surface area contributed by atoms with Gasteiger partial charge in [0.1, 0.15) is 18.1 Å². The van der Waals surface area contributed by atoms with Gasteiger partial charge in [0.15, 0.2) is 6.10 Å². The van der Waals surface area contributed by atoms with Gasteiger partial charge in [-0.15, -0.1) is 0 Å². The Balaban J connectivity index is 1.48. The molecule has 28 heavy (non-hydrogen) atoms. The van der Waals surface area contributed by atoms with Crippen LogP contribution in [0.3, 0.4) is 0 Å². The third-order valence-corrected chi connectivity index (χ3v) is 5.37. The van der Waals surface area contributed by atoms with Crippen LogP contribution in [0.1, 0.15) is 48.9 Å². The standard InChI is InChI=1S/C24H31NO3/c1-16-9-11-22(13-17(16)2)27-15-18(3)25-24(26)19(4)28-23-12-10-20-7-5-6-8-21(20)14-23/h9-14,18-19H,5-8,15H2,1-4H3,(H,25,26)/t18-,19+/m1/s1. The van der Waals surface area contributed by atoms with Gasteiger partial charge in [-0.3, -0.25) is 4.79 Å². The highest BCUT2D eigenvalue weighted by Gasteiger charge is 2.18. The molecule has 0 aromatic heterocycles. The summed E-state index contributed by atoms with van der Waals surface area (Å²) in [6.45, 7) is 8.27. The van der Waals surface area contributed by atoms with Gasteiger partial charge in [0.2, 0.25) is 0 Å². The normalized spacial score (nSPS) is 15.3. The second-order valence-electron chi connectivity index (χ2n) is 7.86. The maximum atomic E-state index is 12.5. The van der Waals surface area contributed by atoms with Crippen LogP contribution in [-0.4, -0.2) is 24.7 Å². The fourth-order valence-corrected chi connectivity index (χ4v) is 3.47. The molecule has 0 unspecified atom stereocenters. The Labute approximate surface area is 168 Å². The SMILES string of the molecule is Cc1ccc(OC[C@@H](C)NC(=O)[C@H](C)Oc2ccc3c(c2)CCCC3)cc1C. The molecular formula is C24H31NO3. The molecule has 150 valence electrons. The van der Waals surface area contributed by atoms with E-state index in [4.69, 9.17) is 9.47 Å². The fourth-order valence-electron chi connectivity index (χ4n) is 3.47. The summed E-state index contributed by atoms with van der Waals surface area (Å²) in [7, 11) is 0. The number of aryl methyl sites for hydroxylation is 4. The number of carbonyl (C=O) groups excluding carboxylic acids is 1. The van der Waals surface area contributed by atoms with Crippen molar-refractivity contribution in [1.82, 2.24) is 5.32 Å². The molecule has 0 heterocycles. The van der Waals surface area contributed by atoms with E-state index in [9.17, 15) is 4.79 Å². The lowest BCUT2D eigenvalue weighted by molar-refractivity contribution is -0.128. The van der Waals surface area contributed by atoms with Crippen LogP contribution in [-0.2, 0) is 17.6 Å². The van der Waals surface area contributed by atoms with E-state index in [2.05, 4.69) is 31.3 Å². The van der Waals surface area contributed by atoms with Crippen LogP contribution < -0.4 is 14.8 Å². The van der Waals surface area contributed by atoms with Gasteiger partial charge in [-0.1, -0.05) is 12.1 Å². The molecule has 1 amide bonds. The monoisotopic (exact) mass is 381 g/mol. The molecule has 0 aliphatic heterocycles. The summed E-state index contributed by atoms with van der Waals surface area (Å²) in [5, 5.41) is 2.97. The molecule has 4 nitrogen and oxygen atoms in total. The maximum absolute atomic E-state index is 12.5. The molecule has 0 radical (unpaired) electrons. The van der Waals surface area contributed by atoms with Crippen LogP contribution in [0.15, 0.2) is 36.4 Å². The molecule has 0 bridgehead atoms. The Morgan fingerprint density at radius 1 is 0.964 bits per heavy atom. The quantitative estimate of drug-likeness (QED) is 0.766. The Bertz CT molecular complexity index is 831. The number of fused-ring (bicyclic) bond motifs is 1. The van der Waals surface area contributed by atoms with Gasteiger partial charge < -0.3 is 14.8 Å². The molecule has 2 aromatic carbocycles. The minimum atomic E-state index is -0.550. The van der Waals surface area contributed by atoms with E-state index in [0.717, 1.165) is 24.3 Å². The molecule has 3 rings (SSSR count). The predicted octanol–water partition coefficient (Wildman–Crippen LogP) is 4.53. The first kappa shape index (κ1) is 20.2. The van der Waals surface area contributed by atoms with Crippen LogP contribution in [0.25, 0.3) is 0 Å². The highest BCUT2D eigenvalue weighted by atomic mass is 16.5. The topological polar surface area (TPSA) is 47.6 Å². The van der Waals surface area contributed by atoms with Crippen molar-refractivity contribution in [2.45, 2.75) is 65.5 Å². The lowest BCUT2D eigenvalue weighted by Gasteiger charge is -2.21. The van der Waals surface area contributed by atoms with E-state index in [-0.39, 0.29) is 11.9 Å². The van der Waals surface area contributed by atoms with Crippen molar-refractivity contribution in [2.75, 3.05) is 6.61 Å². The Kier molecular flexibility index (Phi) is 6.61. The number of nitrogens with one attached hydrogen (secondary N) is 1. The second-order valence-corrected chi connectivity index (χ2v) is 7.86. The average molecular weight is 382 g/mol. The molecule has 0 fully saturated rings. The van der Waals surface area contributed by atoms with Gasteiger partial charge in [-0.2, -0.15) is 0 Å². The first-order chi connectivity index (χ1) is 13.4. The number of amides is 1. The van der Waals surface area contributed by atoms with E-state index < -0.39 is 6.10 Å². The molecule has 1 aliphatic rings. The molecule has 1 N–H and O–H groups in total. The predicted molar refractivity (Wildman–Crippen MR) is 112 cm³/mol. The number of benzene rings is 2. The highest BCUT2D eigenvalue weighted by Crippen LogP contribution is 2.26.